The first-order chi connectivity index (χ1) is 7.74. The summed E-state index contributed by atoms with van der Waals surface area (Å²) in [7, 11) is -2.04. The van der Waals surface area contributed by atoms with Gasteiger partial charge in [-0.25, -0.2) is 17.2 Å². The number of methoxy groups -OCH3 is 1. The molecule has 0 aliphatic heterocycles. The number of hydrogen-bond acceptors (Lipinski definition) is 3. The second-order valence-corrected chi connectivity index (χ2v) is 6.85. The molecule has 96 valence electrons. The monoisotopic (exact) mass is 328 g/mol. The first-order valence-electron chi connectivity index (χ1n) is 4.59. The van der Waals surface area contributed by atoms with Gasteiger partial charge >= 0.3 is 0 Å². The lowest BCUT2D eigenvalue weighted by atomic mass is 10.1. The minimum absolute atomic E-state index is 0.0443. The molecule has 0 N–H and O–H groups in total. The number of hydrogen-bond donors (Lipinski definition) is 0. The molecular weight excluding hydrogens is 318 g/mol. The van der Waals surface area contributed by atoms with Crippen LogP contribution in [0.3, 0.4) is 0 Å². The van der Waals surface area contributed by atoms with Gasteiger partial charge in [0.15, 0.2) is 0 Å². The van der Waals surface area contributed by atoms with Gasteiger partial charge in [-0.2, -0.15) is 0 Å². The smallest absolute Gasteiger partial charge is 0.148 e. The van der Waals surface area contributed by atoms with E-state index in [4.69, 9.17) is 4.74 Å². The molecule has 0 radical (unpaired) electrons. The van der Waals surface area contributed by atoms with Crippen LogP contribution in [0.1, 0.15) is 10.4 Å². The standard InChI is InChI=1S/C10H11BrF2O3S/c1-16-6-3-8(12)10(9(13)4-6)7(11)5-17(2,14)15/h3-4,7H,5H2,1-2H3. The third-order valence-electron chi connectivity index (χ3n) is 2.05. The minimum Gasteiger partial charge on any atom is -0.497 e. The molecule has 3 nitrogen and oxygen atoms in total. The van der Waals surface area contributed by atoms with Crippen molar-refractivity contribution in [2.75, 3.05) is 19.1 Å². The van der Waals surface area contributed by atoms with Crippen LogP contribution in [0.5, 0.6) is 5.75 Å². The van der Waals surface area contributed by atoms with Gasteiger partial charge in [-0.1, -0.05) is 15.9 Å². The van der Waals surface area contributed by atoms with E-state index < -0.39 is 26.3 Å². The second-order valence-electron chi connectivity index (χ2n) is 3.56. The molecule has 0 spiro atoms. The van der Waals surface area contributed by atoms with E-state index in [-0.39, 0.29) is 17.1 Å². The van der Waals surface area contributed by atoms with Crippen molar-refractivity contribution in [3.63, 3.8) is 0 Å². The van der Waals surface area contributed by atoms with Crippen LogP contribution in [0.15, 0.2) is 12.1 Å². The van der Waals surface area contributed by atoms with Crippen molar-refractivity contribution in [1.29, 1.82) is 0 Å². The Morgan fingerprint density at radius 2 is 1.82 bits per heavy atom. The third kappa shape index (κ3) is 3.92. The topological polar surface area (TPSA) is 43.4 Å². The lowest BCUT2D eigenvalue weighted by Gasteiger charge is -2.12. The van der Waals surface area contributed by atoms with E-state index in [2.05, 4.69) is 15.9 Å². The Morgan fingerprint density at radius 1 is 1.35 bits per heavy atom. The van der Waals surface area contributed by atoms with Crippen molar-refractivity contribution < 1.29 is 21.9 Å². The molecule has 0 aliphatic rings. The molecule has 7 heteroatoms. The molecule has 0 saturated heterocycles. The summed E-state index contributed by atoms with van der Waals surface area (Å²) in [5, 5.41) is 0. The van der Waals surface area contributed by atoms with Crippen LogP contribution in [0.2, 0.25) is 0 Å². The molecule has 0 amide bonds. The van der Waals surface area contributed by atoms with Gasteiger partial charge in [-0.05, 0) is 0 Å². The quantitative estimate of drug-likeness (QED) is 0.797. The van der Waals surface area contributed by atoms with Gasteiger partial charge < -0.3 is 4.74 Å². The number of benzene rings is 1. The lowest BCUT2D eigenvalue weighted by Crippen LogP contribution is -2.11. The van der Waals surface area contributed by atoms with Gasteiger partial charge in [-0.3, -0.25) is 0 Å². The minimum atomic E-state index is -3.33. The van der Waals surface area contributed by atoms with Crippen molar-refractivity contribution in [2.24, 2.45) is 0 Å². The molecule has 1 atom stereocenters. The van der Waals surface area contributed by atoms with E-state index in [1.54, 1.807) is 0 Å². The Hall–Kier alpha value is -0.690. The number of alkyl halides is 1. The maximum absolute atomic E-state index is 13.6. The molecule has 0 saturated carbocycles. The van der Waals surface area contributed by atoms with Crippen molar-refractivity contribution in [3.8, 4) is 5.75 Å². The van der Waals surface area contributed by atoms with E-state index in [0.717, 1.165) is 18.4 Å². The Labute approximate surface area is 107 Å². The fourth-order valence-corrected chi connectivity index (χ4v) is 3.90. The van der Waals surface area contributed by atoms with Crippen LogP contribution >= 0.6 is 15.9 Å². The first-order valence-corrected chi connectivity index (χ1v) is 7.57. The van der Waals surface area contributed by atoms with Gasteiger partial charge in [0.05, 0.1) is 17.7 Å². The number of halogens is 3. The fraction of sp³-hybridized carbons (Fsp3) is 0.400. The molecule has 17 heavy (non-hydrogen) atoms. The average molecular weight is 329 g/mol. The maximum atomic E-state index is 13.6. The molecular formula is C10H11BrF2O3S. The number of ether oxygens (including phenoxy) is 1. The maximum Gasteiger partial charge on any atom is 0.148 e. The van der Waals surface area contributed by atoms with Gasteiger partial charge in [0.2, 0.25) is 0 Å². The summed E-state index contributed by atoms with van der Waals surface area (Å²) in [6, 6.07) is 2.02. The number of sulfone groups is 1. The molecule has 1 rings (SSSR count). The van der Waals surface area contributed by atoms with Crippen molar-refractivity contribution in [2.45, 2.75) is 4.83 Å². The third-order valence-corrected chi connectivity index (χ3v) is 4.20. The molecule has 0 aliphatic carbocycles. The molecule has 0 heterocycles. The van der Waals surface area contributed by atoms with E-state index in [1.807, 2.05) is 0 Å². The Balaban J connectivity index is 3.14. The highest BCUT2D eigenvalue weighted by Crippen LogP contribution is 2.31. The van der Waals surface area contributed by atoms with Gasteiger partial charge in [0, 0.05) is 24.0 Å². The van der Waals surface area contributed by atoms with Crippen LogP contribution < -0.4 is 4.74 Å². The summed E-state index contributed by atoms with van der Waals surface area (Å²) in [5.41, 5.74) is -0.309. The van der Waals surface area contributed by atoms with Crippen LogP contribution in [-0.4, -0.2) is 27.5 Å². The zero-order valence-corrected chi connectivity index (χ0v) is 11.6. The molecule has 0 bridgehead atoms. The van der Waals surface area contributed by atoms with Gasteiger partial charge in [0.1, 0.15) is 27.2 Å². The summed E-state index contributed by atoms with van der Waals surface area (Å²) in [6.45, 7) is 0. The van der Waals surface area contributed by atoms with E-state index in [0.29, 0.717) is 0 Å². The Kier molecular flexibility index (Phi) is 4.48. The highest BCUT2D eigenvalue weighted by Gasteiger charge is 2.22. The Morgan fingerprint density at radius 3 is 2.18 bits per heavy atom. The van der Waals surface area contributed by atoms with E-state index >= 15 is 0 Å². The predicted molar refractivity (Wildman–Crippen MR) is 64.3 cm³/mol. The zero-order valence-electron chi connectivity index (χ0n) is 9.21. The summed E-state index contributed by atoms with van der Waals surface area (Å²) in [6.07, 6.45) is 1.00. The van der Waals surface area contributed by atoms with Gasteiger partial charge in [-0.15, -0.1) is 0 Å². The average Bonchev–Trinajstić information content (AvgIpc) is 2.13. The van der Waals surface area contributed by atoms with E-state index in [1.165, 1.54) is 7.11 Å². The fourth-order valence-electron chi connectivity index (χ4n) is 1.33. The largest absolute Gasteiger partial charge is 0.497 e. The first kappa shape index (κ1) is 14.4. The SMILES string of the molecule is COc1cc(F)c(C(Br)CS(C)(=O)=O)c(F)c1. The lowest BCUT2D eigenvalue weighted by molar-refractivity contribution is 0.405. The second kappa shape index (κ2) is 5.30. The normalized spacial score (nSPS) is 13.5. The van der Waals surface area contributed by atoms with Crippen LogP contribution in [0.4, 0.5) is 8.78 Å². The molecule has 1 aromatic rings. The van der Waals surface area contributed by atoms with Crippen molar-refractivity contribution in [1.82, 2.24) is 0 Å². The van der Waals surface area contributed by atoms with Crippen molar-refractivity contribution >= 4 is 25.8 Å². The van der Waals surface area contributed by atoms with Crippen LogP contribution in [0, 0.1) is 11.6 Å². The summed E-state index contributed by atoms with van der Waals surface area (Å²) < 4.78 is 54.0. The Bertz CT molecular complexity index is 493. The summed E-state index contributed by atoms with van der Waals surface area (Å²) >= 11 is 2.97. The van der Waals surface area contributed by atoms with E-state index in [9.17, 15) is 17.2 Å². The predicted octanol–water partition coefficient (Wildman–Crippen LogP) is 2.45. The van der Waals surface area contributed by atoms with Gasteiger partial charge in [0.25, 0.3) is 0 Å². The highest BCUT2D eigenvalue weighted by molar-refractivity contribution is 9.09. The zero-order chi connectivity index (χ0) is 13.2. The molecule has 0 aromatic heterocycles. The van der Waals surface area contributed by atoms with Crippen LogP contribution in [0.25, 0.3) is 0 Å². The van der Waals surface area contributed by atoms with Crippen LogP contribution in [-0.2, 0) is 9.84 Å². The summed E-state index contributed by atoms with van der Waals surface area (Å²) in [5.74, 6) is -2.02. The molecule has 0 fully saturated rings. The molecule has 1 unspecified atom stereocenters. The molecule has 1 aromatic carbocycles. The van der Waals surface area contributed by atoms with Crippen molar-refractivity contribution in [3.05, 3.63) is 29.3 Å². The summed E-state index contributed by atoms with van der Waals surface area (Å²) in [4.78, 5) is -0.927. The highest BCUT2D eigenvalue weighted by atomic mass is 79.9. The number of rotatable bonds is 4.